The molecule has 7 nitrogen and oxygen atoms in total. The van der Waals surface area contributed by atoms with E-state index in [0.29, 0.717) is 30.0 Å². The summed E-state index contributed by atoms with van der Waals surface area (Å²) in [6.07, 6.45) is 2.86. The Bertz CT molecular complexity index is 1690. The number of rotatable bonds is 9. The van der Waals surface area contributed by atoms with Crippen molar-refractivity contribution in [1.29, 1.82) is 5.41 Å². The second-order valence-corrected chi connectivity index (χ2v) is 9.50. The number of carboxylic acid groups (broad SMARTS) is 1. The Balaban J connectivity index is 1.66. The number of aromatic nitrogens is 1. The third-order valence-corrected chi connectivity index (χ3v) is 7.01. The lowest BCUT2D eigenvalue weighted by Gasteiger charge is -2.16. The highest BCUT2D eigenvalue weighted by molar-refractivity contribution is 6.00. The fraction of sp³-hybridized carbons (Fsp3) is 0.125. The summed E-state index contributed by atoms with van der Waals surface area (Å²) in [4.78, 5) is 12.2. The van der Waals surface area contributed by atoms with Gasteiger partial charge in [0.05, 0.1) is 12.7 Å². The van der Waals surface area contributed by atoms with E-state index in [1.165, 1.54) is 12.7 Å². The summed E-state index contributed by atoms with van der Waals surface area (Å²) in [6.45, 7) is 0.869. The summed E-state index contributed by atoms with van der Waals surface area (Å²) in [6, 6.07) is 27.1. The normalized spacial score (nSPS) is 11.0. The molecular formula is C32H30N4O3. The van der Waals surface area contributed by atoms with Gasteiger partial charge in [-0.2, -0.15) is 0 Å². The number of aromatic carboxylic acids is 1. The zero-order chi connectivity index (χ0) is 27.5. The Labute approximate surface area is 226 Å². The van der Waals surface area contributed by atoms with Gasteiger partial charge in [0.1, 0.15) is 11.6 Å². The largest absolute Gasteiger partial charge is 0.497 e. The summed E-state index contributed by atoms with van der Waals surface area (Å²) in [5, 5.41) is 18.9. The van der Waals surface area contributed by atoms with Crippen LogP contribution in [-0.2, 0) is 19.5 Å². The highest BCUT2D eigenvalue weighted by atomic mass is 16.5. The minimum Gasteiger partial charge on any atom is -0.497 e. The molecule has 196 valence electrons. The van der Waals surface area contributed by atoms with E-state index in [-0.39, 0.29) is 11.4 Å². The van der Waals surface area contributed by atoms with E-state index in [2.05, 4.69) is 22.9 Å². The minimum atomic E-state index is -1.02. The number of hydrogen-bond acceptors (Lipinski definition) is 4. The highest BCUT2D eigenvalue weighted by Gasteiger charge is 2.18. The van der Waals surface area contributed by atoms with Crippen molar-refractivity contribution in [2.45, 2.75) is 19.5 Å². The molecule has 0 saturated heterocycles. The third kappa shape index (κ3) is 5.26. The molecule has 39 heavy (non-hydrogen) atoms. The number of methoxy groups -OCH3 is 1. The summed E-state index contributed by atoms with van der Waals surface area (Å²) in [5.41, 5.74) is 19.3. The van der Waals surface area contributed by atoms with Crippen molar-refractivity contribution in [3.8, 4) is 16.9 Å². The van der Waals surface area contributed by atoms with Gasteiger partial charge < -0.3 is 25.9 Å². The van der Waals surface area contributed by atoms with Gasteiger partial charge in [0.2, 0.25) is 0 Å². The molecule has 6 N–H and O–H groups in total. The number of fused-ring (bicyclic) bond motifs is 1. The monoisotopic (exact) mass is 518 g/mol. The van der Waals surface area contributed by atoms with Crippen molar-refractivity contribution in [2.24, 2.45) is 11.5 Å². The van der Waals surface area contributed by atoms with E-state index in [9.17, 15) is 9.90 Å². The molecule has 0 radical (unpaired) electrons. The topological polar surface area (TPSA) is 127 Å². The number of carbonyl (C=O) groups is 1. The number of nitrogens with two attached hydrogens (primary N) is 2. The van der Waals surface area contributed by atoms with Crippen LogP contribution in [0.2, 0.25) is 0 Å². The molecule has 1 heterocycles. The molecular weight excluding hydrogens is 488 g/mol. The van der Waals surface area contributed by atoms with Crippen molar-refractivity contribution in [3.05, 3.63) is 125 Å². The number of hydrogen-bond donors (Lipinski definition) is 4. The number of ether oxygens (including phenoxy) is 1. The Hall–Kier alpha value is -4.88. The zero-order valence-electron chi connectivity index (χ0n) is 21.6. The summed E-state index contributed by atoms with van der Waals surface area (Å²) in [5.74, 6) is -0.514. The number of amidine groups is 1. The predicted octanol–water partition coefficient (Wildman–Crippen LogP) is 5.40. The van der Waals surface area contributed by atoms with Crippen LogP contribution < -0.4 is 16.2 Å². The van der Waals surface area contributed by atoms with E-state index in [1.54, 1.807) is 18.2 Å². The van der Waals surface area contributed by atoms with Crippen LogP contribution in [0.1, 0.15) is 38.2 Å². The minimum absolute atomic E-state index is 0.0222. The molecule has 0 fully saturated rings. The van der Waals surface area contributed by atoms with E-state index in [4.69, 9.17) is 21.6 Å². The molecule has 0 saturated carbocycles. The van der Waals surface area contributed by atoms with Gasteiger partial charge in [-0.15, -0.1) is 0 Å². The van der Waals surface area contributed by atoms with Crippen LogP contribution in [0, 0.1) is 5.41 Å². The van der Waals surface area contributed by atoms with Gasteiger partial charge in [-0.1, -0.05) is 48.5 Å². The fourth-order valence-corrected chi connectivity index (χ4v) is 5.04. The van der Waals surface area contributed by atoms with Crippen molar-refractivity contribution in [1.82, 2.24) is 4.57 Å². The number of nitrogens with zero attached hydrogens (tertiary/aromatic N) is 1. The first-order chi connectivity index (χ1) is 18.9. The summed E-state index contributed by atoms with van der Waals surface area (Å²) >= 11 is 0. The van der Waals surface area contributed by atoms with Gasteiger partial charge in [-0.3, -0.25) is 5.41 Å². The maximum Gasteiger partial charge on any atom is 0.336 e. The van der Waals surface area contributed by atoms with Gasteiger partial charge in [0, 0.05) is 35.8 Å². The van der Waals surface area contributed by atoms with Crippen LogP contribution in [0.5, 0.6) is 5.75 Å². The molecule has 0 bridgehead atoms. The van der Waals surface area contributed by atoms with Crippen molar-refractivity contribution in [2.75, 3.05) is 7.11 Å². The first-order valence-corrected chi connectivity index (χ1v) is 12.6. The predicted molar refractivity (Wildman–Crippen MR) is 155 cm³/mol. The molecule has 5 rings (SSSR count). The van der Waals surface area contributed by atoms with E-state index < -0.39 is 5.97 Å². The molecule has 7 heteroatoms. The van der Waals surface area contributed by atoms with E-state index in [1.807, 2.05) is 54.6 Å². The standard InChI is InChI=1S/C32H30N4O3/c1-39-25-9-11-27(29(16-25)32(37)38)26-10-7-21(17-33)14-23(26)18-36-19-24(13-20-5-3-2-4-6-20)28-15-22(31(34)35)8-12-30(28)36/h2-12,14-16,19H,13,17-18,33H2,1H3,(H3,34,35)(H,37,38). The van der Waals surface area contributed by atoms with E-state index in [0.717, 1.165) is 39.6 Å². The lowest BCUT2D eigenvalue weighted by molar-refractivity contribution is 0.0697. The summed E-state index contributed by atoms with van der Waals surface area (Å²) in [7, 11) is 1.52. The van der Waals surface area contributed by atoms with Crippen molar-refractivity contribution >= 4 is 22.7 Å². The Morgan fingerprint density at radius 1 is 0.923 bits per heavy atom. The first-order valence-electron chi connectivity index (χ1n) is 12.6. The molecule has 4 aromatic carbocycles. The molecule has 0 aliphatic carbocycles. The molecule has 0 aliphatic heterocycles. The maximum atomic E-state index is 12.2. The Kier molecular flexibility index (Phi) is 7.17. The SMILES string of the molecule is COc1ccc(-c2ccc(CN)cc2Cn2cc(Cc3ccccc3)c3cc(C(=N)N)ccc32)c(C(=O)O)c1. The van der Waals surface area contributed by atoms with Crippen LogP contribution in [0.15, 0.2) is 91.1 Å². The molecule has 1 aromatic heterocycles. The van der Waals surface area contributed by atoms with Crippen molar-refractivity contribution < 1.29 is 14.6 Å². The molecule has 0 atom stereocenters. The second kappa shape index (κ2) is 10.8. The van der Waals surface area contributed by atoms with Crippen LogP contribution in [0.3, 0.4) is 0 Å². The number of nitrogen functional groups attached to an aromatic ring is 1. The zero-order valence-corrected chi connectivity index (χ0v) is 21.6. The maximum absolute atomic E-state index is 12.2. The average Bonchev–Trinajstić information content (AvgIpc) is 3.29. The van der Waals surface area contributed by atoms with E-state index >= 15 is 0 Å². The lowest BCUT2D eigenvalue weighted by atomic mass is 9.93. The Morgan fingerprint density at radius 3 is 2.38 bits per heavy atom. The van der Waals surface area contributed by atoms with Gasteiger partial charge in [0.15, 0.2) is 0 Å². The van der Waals surface area contributed by atoms with Gasteiger partial charge in [-0.25, -0.2) is 4.79 Å². The highest BCUT2D eigenvalue weighted by Crippen LogP contribution is 2.33. The molecule has 0 amide bonds. The van der Waals surface area contributed by atoms with Gasteiger partial charge in [-0.05, 0) is 76.2 Å². The average molecular weight is 519 g/mol. The summed E-state index contributed by atoms with van der Waals surface area (Å²) < 4.78 is 7.44. The van der Waals surface area contributed by atoms with Crippen molar-refractivity contribution in [3.63, 3.8) is 0 Å². The van der Waals surface area contributed by atoms with Crippen LogP contribution in [-0.4, -0.2) is 28.6 Å². The van der Waals surface area contributed by atoms with Crippen LogP contribution in [0.25, 0.3) is 22.0 Å². The quantitative estimate of drug-likeness (QED) is 0.154. The lowest BCUT2D eigenvalue weighted by Crippen LogP contribution is -2.10. The van der Waals surface area contributed by atoms with Crippen LogP contribution >= 0.6 is 0 Å². The molecule has 5 aromatic rings. The fourth-order valence-electron chi connectivity index (χ4n) is 5.04. The second-order valence-electron chi connectivity index (χ2n) is 9.50. The number of nitrogens with one attached hydrogen (secondary N) is 1. The number of benzene rings is 4. The van der Waals surface area contributed by atoms with Crippen LogP contribution in [0.4, 0.5) is 0 Å². The third-order valence-electron chi connectivity index (χ3n) is 7.01. The molecule has 0 aliphatic rings. The van der Waals surface area contributed by atoms with Gasteiger partial charge >= 0.3 is 5.97 Å². The van der Waals surface area contributed by atoms with Gasteiger partial charge in [0.25, 0.3) is 0 Å². The molecule has 0 spiro atoms. The Morgan fingerprint density at radius 2 is 1.69 bits per heavy atom. The number of carboxylic acids is 1. The molecule has 0 unspecified atom stereocenters. The first kappa shape index (κ1) is 25.8. The smallest absolute Gasteiger partial charge is 0.336 e.